The number of amides is 1. The standard InChI is InChI=1S/C20H22N2O5S/c1-14(19(23)22-12-11-15-7-3-4-8-16(15)13-22)27-20(24)17-9-5-6-10-18(17)21-28(2,25)26/h3-10,14,21H,11-13H2,1-2H3. The van der Waals surface area contributed by atoms with Crippen LogP contribution in [-0.4, -0.2) is 44.1 Å². The molecule has 1 atom stereocenters. The Hall–Kier alpha value is -2.87. The van der Waals surface area contributed by atoms with E-state index in [0.717, 1.165) is 18.2 Å². The molecule has 0 saturated carbocycles. The Labute approximate surface area is 164 Å². The highest BCUT2D eigenvalue weighted by Crippen LogP contribution is 2.21. The lowest BCUT2D eigenvalue weighted by Gasteiger charge is -2.30. The molecule has 0 aliphatic carbocycles. The van der Waals surface area contributed by atoms with E-state index < -0.39 is 22.1 Å². The Morgan fingerprint density at radius 3 is 2.43 bits per heavy atom. The van der Waals surface area contributed by atoms with Gasteiger partial charge in [-0.1, -0.05) is 36.4 Å². The highest BCUT2D eigenvalue weighted by atomic mass is 32.2. The fraction of sp³-hybridized carbons (Fsp3) is 0.300. The highest BCUT2D eigenvalue weighted by Gasteiger charge is 2.28. The maximum atomic E-state index is 12.7. The third-order valence-electron chi connectivity index (χ3n) is 4.52. The number of esters is 1. The van der Waals surface area contributed by atoms with Crippen molar-refractivity contribution in [3.05, 3.63) is 65.2 Å². The van der Waals surface area contributed by atoms with Crippen LogP contribution in [0.5, 0.6) is 0 Å². The second kappa shape index (κ2) is 8.02. The monoisotopic (exact) mass is 402 g/mol. The first kappa shape index (κ1) is 19.9. The van der Waals surface area contributed by atoms with E-state index in [-0.39, 0.29) is 17.2 Å². The number of benzene rings is 2. The topological polar surface area (TPSA) is 92.8 Å². The molecule has 0 aromatic heterocycles. The molecule has 1 aliphatic heterocycles. The van der Waals surface area contributed by atoms with Crippen LogP contribution in [0.15, 0.2) is 48.5 Å². The summed E-state index contributed by atoms with van der Waals surface area (Å²) in [6.45, 7) is 2.56. The van der Waals surface area contributed by atoms with Crippen molar-refractivity contribution in [2.75, 3.05) is 17.5 Å². The van der Waals surface area contributed by atoms with Gasteiger partial charge < -0.3 is 9.64 Å². The van der Waals surface area contributed by atoms with Gasteiger partial charge in [0.05, 0.1) is 17.5 Å². The Bertz CT molecular complexity index is 1000. The van der Waals surface area contributed by atoms with Crippen molar-refractivity contribution in [3.8, 4) is 0 Å². The molecule has 0 radical (unpaired) electrons. The molecule has 8 heteroatoms. The lowest BCUT2D eigenvalue weighted by Crippen LogP contribution is -2.42. The number of carbonyl (C=O) groups excluding carboxylic acids is 2. The first-order valence-electron chi connectivity index (χ1n) is 8.88. The van der Waals surface area contributed by atoms with Gasteiger partial charge in [-0.05, 0) is 36.6 Å². The third kappa shape index (κ3) is 4.69. The quantitative estimate of drug-likeness (QED) is 0.774. The van der Waals surface area contributed by atoms with Crippen LogP contribution in [0, 0.1) is 0 Å². The van der Waals surface area contributed by atoms with E-state index in [2.05, 4.69) is 4.72 Å². The molecule has 7 nitrogen and oxygen atoms in total. The van der Waals surface area contributed by atoms with E-state index in [1.807, 2.05) is 24.3 Å². The number of nitrogens with zero attached hydrogens (tertiary/aromatic N) is 1. The van der Waals surface area contributed by atoms with Crippen LogP contribution in [0.4, 0.5) is 5.69 Å². The van der Waals surface area contributed by atoms with E-state index in [4.69, 9.17) is 4.74 Å². The zero-order valence-electron chi connectivity index (χ0n) is 15.7. The number of anilines is 1. The maximum Gasteiger partial charge on any atom is 0.341 e. The predicted octanol–water partition coefficient (Wildman–Crippen LogP) is 2.19. The number of sulfonamides is 1. The molecule has 0 fully saturated rings. The number of nitrogens with one attached hydrogen (secondary N) is 1. The molecule has 0 bridgehead atoms. The van der Waals surface area contributed by atoms with E-state index in [1.54, 1.807) is 17.0 Å². The molecule has 3 rings (SSSR count). The van der Waals surface area contributed by atoms with Gasteiger partial charge >= 0.3 is 5.97 Å². The number of carbonyl (C=O) groups is 2. The zero-order chi connectivity index (χ0) is 20.3. The molecule has 28 heavy (non-hydrogen) atoms. The summed E-state index contributed by atoms with van der Waals surface area (Å²) in [6.07, 6.45) is 0.767. The number of hydrogen-bond donors (Lipinski definition) is 1. The summed E-state index contributed by atoms with van der Waals surface area (Å²) in [6, 6.07) is 14.0. The van der Waals surface area contributed by atoms with Gasteiger partial charge in [0.2, 0.25) is 10.0 Å². The summed E-state index contributed by atoms with van der Waals surface area (Å²) < 4.78 is 30.6. The number of para-hydroxylation sites is 1. The molecule has 1 N–H and O–H groups in total. The van der Waals surface area contributed by atoms with Crippen molar-refractivity contribution in [1.82, 2.24) is 4.90 Å². The summed E-state index contributed by atoms with van der Waals surface area (Å²) in [7, 11) is -3.56. The first-order chi connectivity index (χ1) is 13.2. The van der Waals surface area contributed by atoms with Crippen molar-refractivity contribution in [3.63, 3.8) is 0 Å². The molecule has 2 aromatic rings. The second-order valence-electron chi connectivity index (χ2n) is 6.75. The van der Waals surface area contributed by atoms with Gasteiger partial charge in [-0.2, -0.15) is 0 Å². The SMILES string of the molecule is CC(OC(=O)c1ccccc1NS(C)(=O)=O)C(=O)N1CCc2ccccc2C1. The summed E-state index contributed by atoms with van der Waals surface area (Å²) in [4.78, 5) is 26.9. The Balaban J connectivity index is 1.69. The molecule has 1 aliphatic rings. The molecule has 1 amide bonds. The fourth-order valence-electron chi connectivity index (χ4n) is 3.17. The van der Waals surface area contributed by atoms with Crippen molar-refractivity contribution in [2.24, 2.45) is 0 Å². The first-order valence-corrected chi connectivity index (χ1v) is 10.8. The molecule has 0 saturated heterocycles. The van der Waals surface area contributed by atoms with Gasteiger partial charge in [-0.15, -0.1) is 0 Å². The zero-order valence-corrected chi connectivity index (χ0v) is 16.5. The minimum Gasteiger partial charge on any atom is -0.449 e. The molecule has 2 aromatic carbocycles. The van der Waals surface area contributed by atoms with Crippen molar-refractivity contribution in [1.29, 1.82) is 0 Å². The summed E-state index contributed by atoms with van der Waals surface area (Å²) >= 11 is 0. The van der Waals surface area contributed by atoms with Gasteiger partial charge in [0, 0.05) is 13.1 Å². The van der Waals surface area contributed by atoms with Crippen LogP contribution in [-0.2, 0) is 32.5 Å². The molecule has 148 valence electrons. The van der Waals surface area contributed by atoms with Crippen LogP contribution in [0.2, 0.25) is 0 Å². The minimum absolute atomic E-state index is 0.0524. The van der Waals surface area contributed by atoms with Crippen LogP contribution in [0.3, 0.4) is 0 Å². The molecular formula is C20H22N2O5S. The minimum atomic E-state index is -3.56. The van der Waals surface area contributed by atoms with Crippen LogP contribution in [0.1, 0.15) is 28.4 Å². The van der Waals surface area contributed by atoms with Gasteiger partial charge in [0.1, 0.15) is 0 Å². The van der Waals surface area contributed by atoms with Crippen LogP contribution < -0.4 is 4.72 Å². The predicted molar refractivity (Wildman–Crippen MR) is 105 cm³/mol. The van der Waals surface area contributed by atoms with Crippen molar-refractivity contribution in [2.45, 2.75) is 26.0 Å². The second-order valence-corrected chi connectivity index (χ2v) is 8.49. The van der Waals surface area contributed by atoms with E-state index >= 15 is 0 Å². The summed E-state index contributed by atoms with van der Waals surface area (Å²) in [5.41, 5.74) is 2.47. The van der Waals surface area contributed by atoms with Crippen LogP contribution >= 0.6 is 0 Å². The van der Waals surface area contributed by atoms with Crippen LogP contribution in [0.25, 0.3) is 0 Å². The molecule has 0 spiro atoms. The van der Waals surface area contributed by atoms with E-state index in [1.165, 1.54) is 24.6 Å². The number of rotatable bonds is 5. The van der Waals surface area contributed by atoms with E-state index in [9.17, 15) is 18.0 Å². The van der Waals surface area contributed by atoms with Gasteiger partial charge in [-0.3, -0.25) is 9.52 Å². The average molecular weight is 402 g/mol. The van der Waals surface area contributed by atoms with Gasteiger partial charge in [-0.25, -0.2) is 13.2 Å². The number of ether oxygens (including phenoxy) is 1. The van der Waals surface area contributed by atoms with Crippen molar-refractivity contribution >= 4 is 27.6 Å². The summed E-state index contributed by atoms with van der Waals surface area (Å²) in [5, 5.41) is 0. The lowest BCUT2D eigenvalue weighted by molar-refractivity contribution is -0.140. The largest absolute Gasteiger partial charge is 0.449 e. The lowest BCUT2D eigenvalue weighted by atomic mass is 9.99. The normalized spacial score (nSPS) is 14.7. The average Bonchev–Trinajstić information content (AvgIpc) is 2.66. The maximum absolute atomic E-state index is 12.7. The third-order valence-corrected chi connectivity index (χ3v) is 5.11. The Morgan fingerprint density at radius 1 is 1.07 bits per heavy atom. The number of hydrogen-bond acceptors (Lipinski definition) is 5. The van der Waals surface area contributed by atoms with Gasteiger partial charge in [0.25, 0.3) is 5.91 Å². The smallest absolute Gasteiger partial charge is 0.341 e. The van der Waals surface area contributed by atoms with Gasteiger partial charge in [0.15, 0.2) is 6.10 Å². The molecule has 1 heterocycles. The summed E-state index contributed by atoms with van der Waals surface area (Å²) in [5.74, 6) is -1.04. The Kier molecular flexibility index (Phi) is 5.69. The van der Waals surface area contributed by atoms with Crippen molar-refractivity contribution < 1.29 is 22.7 Å². The number of fused-ring (bicyclic) bond motifs is 1. The fourth-order valence-corrected chi connectivity index (χ4v) is 3.74. The molecule has 1 unspecified atom stereocenters. The van der Waals surface area contributed by atoms with E-state index in [0.29, 0.717) is 13.1 Å². The Morgan fingerprint density at radius 2 is 1.71 bits per heavy atom. The highest BCUT2D eigenvalue weighted by molar-refractivity contribution is 7.92. The molecular weight excluding hydrogens is 380 g/mol.